The molecule has 0 amide bonds. The van der Waals surface area contributed by atoms with E-state index in [2.05, 4.69) is 0 Å². The number of aromatic nitrogens is 1. The van der Waals surface area contributed by atoms with Crippen molar-refractivity contribution in [3.63, 3.8) is 0 Å². The topological polar surface area (TPSA) is 39.1 Å². The van der Waals surface area contributed by atoms with E-state index in [9.17, 15) is 8.42 Å². The van der Waals surface area contributed by atoms with E-state index in [0.29, 0.717) is 4.90 Å². The third-order valence-electron chi connectivity index (χ3n) is 2.68. The zero-order valence-electron chi connectivity index (χ0n) is 10.5. The second-order valence-corrected chi connectivity index (χ2v) is 6.82. The maximum Gasteiger partial charge on any atom is 0.268 e. The van der Waals surface area contributed by atoms with Crippen LogP contribution in [0.5, 0.6) is 0 Å². The van der Waals surface area contributed by atoms with Crippen LogP contribution in [0.4, 0.5) is 0 Å². The van der Waals surface area contributed by atoms with Crippen LogP contribution in [0.3, 0.4) is 0 Å². The lowest BCUT2D eigenvalue weighted by Gasteiger charge is -2.09. The molecule has 0 N–H and O–H groups in total. The Bertz CT molecular complexity index is 655. The van der Waals surface area contributed by atoms with Crippen molar-refractivity contribution in [2.45, 2.75) is 23.8 Å². The van der Waals surface area contributed by atoms with Crippen LogP contribution < -0.4 is 0 Å². The van der Waals surface area contributed by atoms with Gasteiger partial charge in [0.1, 0.15) is 0 Å². The van der Waals surface area contributed by atoms with Crippen molar-refractivity contribution in [2.75, 3.05) is 6.26 Å². The molecule has 0 bridgehead atoms. The number of thioether (sulfide) groups is 1. The Labute approximate surface area is 112 Å². The fourth-order valence-corrected chi connectivity index (χ4v) is 4.06. The Kier molecular flexibility index (Phi) is 3.54. The first kappa shape index (κ1) is 13.2. The third kappa shape index (κ3) is 2.33. The van der Waals surface area contributed by atoms with E-state index >= 15 is 0 Å². The lowest BCUT2D eigenvalue weighted by Crippen LogP contribution is -2.12. The molecule has 1 aromatic heterocycles. The number of rotatable bonds is 3. The summed E-state index contributed by atoms with van der Waals surface area (Å²) in [4.78, 5) is 0.319. The second kappa shape index (κ2) is 4.82. The maximum atomic E-state index is 12.5. The van der Waals surface area contributed by atoms with Crippen LogP contribution in [-0.4, -0.2) is 18.6 Å². The van der Waals surface area contributed by atoms with Crippen molar-refractivity contribution in [1.82, 2.24) is 3.97 Å². The molecule has 0 radical (unpaired) electrons. The SMILES string of the molecule is CSc1cc(C)cn1S(=O)(=O)c1ccc(C)cc1. The van der Waals surface area contributed by atoms with Gasteiger partial charge in [0.15, 0.2) is 0 Å². The predicted molar refractivity (Wildman–Crippen MR) is 74.7 cm³/mol. The van der Waals surface area contributed by atoms with Gasteiger partial charge in [-0.3, -0.25) is 0 Å². The molecule has 2 rings (SSSR count). The van der Waals surface area contributed by atoms with Gasteiger partial charge in [-0.1, -0.05) is 17.7 Å². The standard InChI is InChI=1S/C13H15NO2S2/c1-10-4-6-12(7-5-10)18(15,16)14-9-11(2)8-13(14)17-3/h4-9H,1-3H3. The second-order valence-electron chi connectivity index (χ2n) is 4.17. The molecule has 3 nitrogen and oxygen atoms in total. The van der Waals surface area contributed by atoms with Crippen LogP contribution >= 0.6 is 11.8 Å². The van der Waals surface area contributed by atoms with Gasteiger partial charge in [0, 0.05) is 6.20 Å². The quantitative estimate of drug-likeness (QED) is 0.812. The average Bonchev–Trinajstić information content (AvgIpc) is 2.72. The molecule has 0 atom stereocenters. The van der Waals surface area contributed by atoms with E-state index in [0.717, 1.165) is 16.2 Å². The Hall–Kier alpha value is -1.20. The Morgan fingerprint density at radius 2 is 1.67 bits per heavy atom. The van der Waals surface area contributed by atoms with Crippen LogP contribution in [0.2, 0.25) is 0 Å². The highest BCUT2D eigenvalue weighted by Crippen LogP contribution is 2.24. The summed E-state index contributed by atoms with van der Waals surface area (Å²) in [5.74, 6) is 0. The number of nitrogens with zero attached hydrogens (tertiary/aromatic N) is 1. The van der Waals surface area contributed by atoms with Crippen molar-refractivity contribution in [1.29, 1.82) is 0 Å². The monoisotopic (exact) mass is 281 g/mol. The van der Waals surface area contributed by atoms with Gasteiger partial charge < -0.3 is 0 Å². The molecule has 18 heavy (non-hydrogen) atoms. The highest BCUT2D eigenvalue weighted by atomic mass is 32.2. The Morgan fingerprint density at radius 1 is 1.06 bits per heavy atom. The van der Waals surface area contributed by atoms with Gasteiger partial charge in [-0.05, 0) is 43.9 Å². The van der Waals surface area contributed by atoms with E-state index in [1.165, 1.54) is 15.7 Å². The first-order chi connectivity index (χ1) is 8.45. The molecule has 96 valence electrons. The fraction of sp³-hybridized carbons (Fsp3) is 0.231. The minimum atomic E-state index is -3.48. The van der Waals surface area contributed by atoms with Gasteiger partial charge >= 0.3 is 0 Å². The summed E-state index contributed by atoms with van der Waals surface area (Å²) in [5.41, 5.74) is 1.98. The smallest absolute Gasteiger partial charge is 0.235 e. The van der Waals surface area contributed by atoms with Crippen LogP contribution in [0, 0.1) is 13.8 Å². The summed E-state index contributed by atoms with van der Waals surface area (Å²) in [6, 6.07) is 8.77. The van der Waals surface area contributed by atoms with Crippen LogP contribution in [0.1, 0.15) is 11.1 Å². The number of benzene rings is 1. The molecule has 5 heteroatoms. The summed E-state index contributed by atoms with van der Waals surface area (Å²) >= 11 is 1.42. The third-order valence-corrected chi connectivity index (χ3v) is 5.21. The van der Waals surface area contributed by atoms with Crippen molar-refractivity contribution >= 4 is 21.8 Å². The van der Waals surface area contributed by atoms with Gasteiger partial charge in [-0.2, -0.15) is 0 Å². The maximum absolute atomic E-state index is 12.5. The lowest BCUT2D eigenvalue weighted by atomic mass is 10.2. The van der Waals surface area contributed by atoms with Gasteiger partial charge in [0.2, 0.25) is 0 Å². The molecule has 2 aromatic rings. The largest absolute Gasteiger partial charge is 0.268 e. The molecule has 1 aromatic carbocycles. The fourth-order valence-electron chi connectivity index (χ4n) is 1.70. The minimum Gasteiger partial charge on any atom is -0.235 e. The van der Waals surface area contributed by atoms with Gasteiger partial charge in [-0.25, -0.2) is 12.4 Å². The number of hydrogen-bond donors (Lipinski definition) is 0. The first-order valence-corrected chi connectivity index (χ1v) is 8.17. The van der Waals surface area contributed by atoms with Crippen LogP contribution in [0.15, 0.2) is 46.5 Å². The highest BCUT2D eigenvalue weighted by Gasteiger charge is 2.19. The Balaban J connectivity index is 2.57. The zero-order valence-corrected chi connectivity index (χ0v) is 12.2. The summed E-state index contributed by atoms with van der Waals surface area (Å²) in [5, 5.41) is 0.730. The van der Waals surface area contributed by atoms with E-state index in [1.807, 2.05) is 38.3 Å². The van der Waals surface area contributed by atoms with Gasteiger partial charge in [-0.15, -0.1) is 11.8 Å². The summed E-state index contributed by atoms with van der Waals surface area (Å²) < 4.78 is 26.3. The average molecular weight is 281 g/mol. The van der Waals surface area contributed by atoms with Crippen LogP contribution in [0.25, 0.3) is 0 Å². The van der Waals surface area contributed by atoms with E-state index < -0.39 is 10.0 Å². The number of hydrogen-bond acceptors (Lipinski definition) is 3. The normalized spacial score (nSPS) is 11.7. The molecule has 0 aliphatic heterocycles. The summed E-state index contributed by atoms with van der Waals surface area (Å²) in [6.45, 7) is 3.82. The first-order valence-electron chi connectivity index (χ1n) is 5.50. The molecule has 0 aliphatic rings. The molecule has 0 spiro atoms. The van der Waals surface area contributed by atoms with E-state index in [4.69, 9.17) is 0 Å². The van der Waals surface area contributed by atoms with E-state index in [1.54, 1.807) is 18.3 Å². The highest BCUT2D eigenvalue weighted by molar-refractivity contribution is 7.99. The van der Waals surface area contributed by atoms with Crippen molar-refractivity contribution in [3.8, 4) is 0 Å². The molecule has 0 saturated heterocycles. The van der Waals surface area contributed by atoms with Gasteiger partial charge in [0.25, 0.3) is 10.0 Å². The molecule has 0 saturated carbocycles. The van der Waals surface area contributed by atoms with E-state index in [-0.39, 0.29) is 0 Å². The van der Waals surface area contributed by atoms with Crippen molar-refractivity contribution in [2.24, 2.45) is 0 Å². The Morgan fingerprint density at radius 3 is 2.22 bits per heavy atom. The molecular weight excluding hydrogens is 266 g/mol. The summed E-state index contributed by atoms with van der Waals surface area (Å²) in [6.07, 6.45) is 3.52. The molecule has 0 fully saturated rings. The van der Waals surface area contributed by atoms with Crippen molar-refractivity contribution < 1.29 is 8.42 Å². The zero-order chi connectivity index (χ0) is 13.3. The molecule has 0 unspecified atom stereocenters. The van der Waals surface area contributed by atoms with Gasteiger partial charge in [0.05, 0.1) is 9.92 Å². The predicted octanol–water partition coefficient (Wildman–Crippen LogP) is 3.06. The van der Waals surface area contributed by atoms with Crippen molar-refractivity contribution in [3.05, 3.63) is 47.7 Å². The summed E-state index contributed by atoms with van der Waals surface area (Å²) in [7, 11) is -3.48. The molecule has 1 heterocycles. The molecular formula is C13H15NO2S2. The minimum absolute atomic E-state index is 0.319. The van der Waals surface area contributed by atoms with Crippen LogP contribution in [-0.2, 0) is 10.0 Å². The lowest BCUT2D eigenvalue weighted by molar-refractivity contribution is 0.583. The number of aryl methyl sites for hydroxylation is 2. The molecule has 0 aliphatic carbocycles.